The summed E-state index contributed by atoms with van der Waals surface area (Å²) in [6, 6.07) is 8.48. The minimum atomic E-state index is 0.526. The Morgan fingerprint density at radius 3 is 0.845 bits per heavy atom. The van der Waals surface area contributed by atoms with Crippen LogP contribution in [0.25, 0.3) is 0 Å². The van der Waals surface area contributed by atoms with Gasteiger partial charge in [-0.05, 0) is 37.0 Å². The fourth-order valence-electron chi connectivity index (χ4n) is 6.34. The highest BCUT2D eigenvalue weighted by atomic mass is 16.6. The van der Waals surface area contributed by atoms with Crippen molar-refractivity contribution in [2.24, 2.45) is 0 Å². The lowest BCUT2D eigenvalue weighted by Crippen LogP contribution is -2.15. The molecule has 1 rings (SSSR count). The van der Waals surface area contributed by atoms with Crippen LogP contribution < -0.4 is 4.74 Å². The summed E-state index contributed by atoms with van der Waals surface area (Å²) in [5.74, 6) is 0.892. The van der Waals surface area contributed by atoms with Crippen molar-refractivity contribution >= 4 is 0 Å². The summed E-state index contributed by atoms with van der Waals surface area (Å²) >= 11 is 0. The molecule has 58 heavy (non-hydrogen) atoms. The first kappa shape index (κ1) is 54.7. The topological polar surface area (TPSA) is 92.3 Å². The molecule has 0 aromatic heterocycles. The molecule has 0 saturated carbocycles. The number of aryl methyl sites for hydroxylation is 1. The van der Waals surface area contributed by atoms with E-state index in [1.54, 1.807) is 0 Å². The Kier molecular flexibility index (Phi) is 45.6. The summed E-state index contributed by atoms with van der Waals surface area (Å²) in [5.41, 5.74) is 1.38. The summed E-state index contributed by atoms with van der Waals surface area (Å²) in [6.45, 7) is 15.2. The number of rotatable bonds is 50. The quantitative estimate of drug-likeness (QED) is 0.0591. The van der Waals surface area contributed by atoms with Crippen LogP contribution in [0.15, 0.2) is 24.3 Å². The van der Waals surface area contributed by atoms with Crippen LogP contribution in [0.2, 0.25) is 0 Å². The maximum atomic E-state index is 5.80. The van der Waals surface area contributed by atoms with Crippen LogP contribution >= 0.6 is 0 Å². The van der Waals surface area contributed by atoms with Crippen molar-refractivity contribution in [1.82, 2.24) is 0 Å². The van der Waals surface area contributed by atoms with E-state index >= 15 is 0 Å². The molecule has 0 saturated heterocycles. The fraction of sp³-hybridized carbons (Fsp3) is 0.875. The molecule has 0 heterocycles. The van der Waals surface area contributed by atoms with E-state index in [2.05, 4.69) is 38.1 Å². The largest absolute Gasteiger partial charge is 0.491 e. The van der Waals surface area contributed by atoms with Crippen LogP contribution in [0.3, 0.4) is 0 Å². The van der Waals surface area contributed by atoms with E-state index in [0.717, 1.165) is 25.2 Å². The third kappa shape index (κ3) is 42.8. The number of ether oxygens (including phenoxy) is 10. The van der Waals surface area contributed by atoms with Gasteiger partial charge in [-0.1, -0.05) is 142 Å². The summed E-state index contributed by atoms with van der Waals surface area (Å²) in [5, 5.41) is 0. The second-order valence-corrected chi connectivity index (χ2v) is 15.1. The summed E-state index contributed by atoms with van der Waals surface area (Å²) in [6.07, 6.45) is 28.4. The van der Waals surface area contributed by atoms with Gasteiger partial charge in [0.15, 0.2) is 0 Å². The summed E-state index contributed by atoms with van der Waals surface area (Å²) in [7, 11) is 0. The Morgan fingerprint density at radius 2 is 0.517 bits per heavy atom. The summed E-state index contributed by atoms with van der Waals surface area (Å²) < 4.78 is 56.0. The van der Waals surface area contributed by atoms with Crippen LogP contribution in [0.5, 0.6) is 5.75 Å². The molecule has 0 atom stereocenters. The van der Waals surface area contributed by atoms with Crippen molar-refractivity contribution in [3.8, 4) is 5.75 Å². The van der Waals surface area contributed by atoms with Gasteiger partial charge < -0.3 is 47.4 Å². The molecule has 1 aromatic rings. The number of hydrogen-bond acceptors (Lipinski definition) is 10. The zero-order chi connectivity index (χ0) is 41.3. The maximum absolute atomic E-state index is 5.80. The normalized spacial score (nSPS) is 11.6. The Morgan fingerprint density at radius 1 is 0.259 bits per heavy atom. The molecule has 0 fully saturated rings. The van der Waals surface area contributed by atoms with Gasteiger partial charge in [-0.15, -0.1) is 0 Å². The number of unbranched alkanes of at least 4 members (excludes halogenated alkanes) is 18. The maximum Gasteiger partial charge on any atom is 0.119 e. The highest BCUT2D eigenvalue weighted by Crippen LogP contribution is 2.16. The molecule has 0 spiro atoms. The molecule has 0 radical (unpaired) electrons. The van der Waals surface area contributed by atoms with Gasteiger partial charge in [-0.3, -0.25) is 0 Å². The van der Waals surface area contributed by atoms with Gasteiger partial charge in [-0.2, -0.15) is 0 Å². The monoisotopic (exact) mass is 827 g/mol. The standard InChI is InChI=1S/C48H90O10/c1-3-5-7-9-11-12-13-14-15-16-18-20-22-28-49-29-30-50-31-32-51-33-34-52-35-36-53-37-38-54-39-40-55-41-42-56-43-44-57-45-46-58-48-26-24-47(25-27-48)23-21-19-17-10-8-6-4-2/h24-27H,3-23,28-46H2,1-2H3. The van der Waals surface area contributed by atoms with Gasteiger partial charge in [0.2, 0.25) is 0 Å². The molecule has 10 heteroatoms. The van der Waals surface area contributed by atoms with E-state index in [1.807, 2.05) is 0 Å². The van der Waals surface area contributed by atoms with Crippen molar-refractivity contribution in [3.05, 3.63) is 29.8 Å². The fourth-order valence-corrected chi connectivity index (χ4v) is 6.34. The second kappa shape index (κ2) is 48.3. The first-order chi connectivity index (χ1) is 28.9. The van der Waals surface area contributed by atoms with Gasteiger partial charge >= 0.3 is 0 Å². The lowest BCUT2D eigenvalue weighted by atomic mass is 10.0. The Labute approximate surface area is 356 Å². The minimum Gasteiger partial charge on any atom is -0.491 e. The Bertz CT molecular complexity index is 890. The second-order valence-electron chi connectivity index (χ2n) is 15.1. The van der Waals surface area contributed by atoms with E-state index in [9.17, 15) is 0 Å². The van der Waals surface area contributed by atoms with Gasteiger partial charge in [0.1, 0.15) is 12.4 Å². The number of hydrogen-bond donors (Lipinski definition) is 0. The van der Waals surface area contributed by atoms with Gasteiger partial charge in [0.05, 0.1) is 112 Å². The van der Waals surface area contributed by atoms with E-state index in [4.69, 9.17) is 47.4 Å². The predicted octanol–water partition coefficient (Wildman–Crippen LogP) is 10.6. The molecule has 342 valence electrons. The molecule has 0 aliphatic carbocycles. The van der Waals surface area contributed by atoms with Gasteiger partial charge in [0.25, 0.3) is 0 Å². The first-order valence-corrected chi connectivity index (χ1v) is 23.8. The molecule has 10 nitrogen and oxygen atoms in total. The lowest BCUT2D eigenvalue weighted by Gasteiger charge is -2.09. The first-order valence-electron chi connectivity index (χ1n) is 23.8. The van der Waals surface area contributed by atoms with Crippen LogP contribution in [-0.4, -0.2) is 126 Å². The average Bonchev–Trinajstić information content (AvgIpc) is 3.24. The van der Waals surface area contributed by atoms with Gasteiger partial charge in [-0.25, -0.2) is 0 Å². The highest BCUT2D eigenvalue weighted by Gasteiger charge is 2.00. The zero-order valence-electron chi connectivity index (χ0n) is 37.7. The Balaban J connectivity index is 1.66. The van der Waals surface area contributed by atoms with Crippen molar-refractivity contribution in [3.63, 3.8) is 0 Å². The van der Waals surface area contributed by atoms with Crippen molar-refractivity contribution in [2.45, 2.75) is 149 Å². The number of benzene rings is 1. The molecular formula is C48H90O10. The molecule has 0 N–H and O–H groups in total. The van der Waals surface area contributed by atoms with E-state index in [1.165, 1.54) is 128 Å². The minimum absolute atomic E-state index is 0.526. The molecule has 0 aliphatic heterocycles. The van der Waals surface area contributed by atoms with Gasteiger partial charge in [0, 0.05) is 6.61 Å². The van der Waals surface area contributed by atoms with E-state index < -0.39 is 0 Å². The Hall–Kier alpha value is -1.34. The van der Waals surface area contributed by atoms with Crippen molar-refractivity contribution in [1.29, 1.82) is 0 Å². The van der Waals surface area contributed by atoms with Crippen LogP contribution in [0, 0.1) is 0 Å². The van der Waals surface area contributed by atoms with E-state index in [-0.39, 0.29) is 0 Å². The molecule has 0 aliphatic rings. The van der Waals surface area contributed by atoms with Crippen molar-refractivity contribution in [2.75, 3.05) is 126 Å². The van der Waals surface area contributed by atoms with Crippen LogP contribution in [-0.2, 0) is 49.1 Å². The smallest absolute Gasteiger partial charge is 0.119 e. The molecule has 0 bridgehead atoms. The van der Waals surface area contributed by atoms with E-state index in [0.29, 0.717) is 119 Å². The SMILES string of the molecule is CCCCCCCCCCCCCCCOCCOCCOCCOCCOCCOCCOCCOCCOCCOc1ccc(CCCCCCCCC)cc1. The van der Waals surface area contributed by atoms with Crippen LogP contribution in [0.1, 0.15) is 148 Å². The third-order valence-corrected chi connectivity index (χ3v) is 9.86. The third-order valence-electron chi connectivity index (χ3n) is 9.86. The average molecular weight is 827 g/mol. The predicted molar refractivity (Wildman–Crippen MR) is 237 cm³/mol. The molecule has 1 aromatic carbocycles. The lowest BCUT2D eigenvalue weighted by molar-refractivity contribution is -0.0254. The zero-order valence-corrected chi connectivity index (χ0v) is 37.7. The highest BCUT2D eigenvalue weighted by molar-refractivity contribution is 5.27. The molecule has 0 unspecified atom stereocenters. The molecular weight excluding hydrogens is 737 g/mol. The van der Waals surface area contributed by atoms with Crippen LogP contribution in [0.4, 0.5) is 0 Å². The van der Waals surface area contributed by atoms with Crippen molar-refractivity contribution < 1.29 is 47.4 Å². The molecule has 0 amide bonds. The summed E-state index contributed by atoms with van der Waals surface area (Å²) in [4.78, 5) is 0.